The summed E-state index contributed by atoms with van der Waals surface area (Å²) in [5.74, 6) is -3.62. The van der Waals surface area contributed by atoms with Gasteiger partial charge >= 0.3 is 12.1 Å². The number of amides is 2. The molecule has 0 N–H and O–H groups in total. The van der Waals surface area contributed by atoms with Gasteiger partial charge in [-0.3, -0.25) is 9.59 Å². The van der Waals surface area contributed by atoms with Crippen molar-refractivity contribution in [1.29, 1.82) is 0 Å². The van der Waals surface area contributed by atoms with Crippen LogP contribution in [-0.2, 0) is 20.5 Å². The Balaban J connectivity index is 1.65. The van der Waals surface area contributed by atoms with Gasteiger partial charge in [-0.2, -0.15) is 13.2 Å². The van der Waals surface area contributed by atoms with Crippen LogP contribution >= 0.6 is 0 Å². The number of fused-ring (bicyclic) bond motifs is 6. The fourth-order valence-electron chi connectivity index (χ4n) is 4.94. The number of hydrogen-bond acceptors (Lipinski definition) is 5. The minimum atomic E-state index is -4.76. The number of carbonyl (C=O) groups is 2. The number of alkyl halides is 3. The quantitative estimate of drug-likeness (QED) is 0.710. The van der Waals surface area contributed by atoms with Gasteiger partial charge in [-0.25, -0.2) is 9.88 Å². The summed E-state index contributed by atoms with van der Waals surface area (Å²) in [5, 5.41) is 0. The molecule has 3 saturated heterocycles. The number of anilines is 1. The SMILES string of the molecule is CC12CCC(C)(O1)[C@H]1C(=O)N(c3cccc4oc(C(F)(F)F)nc34)C(=O)[C@H]12. The smallest absolute Gasteiger partial charge is 0.433 e. The summed E-state index contributed by atoms with van der Waals surface area (Å²) < 4.78 is 49.7. The van der Waals surface area contributed by atoms with E-state index in [-0.39, 0.29) is 16.8 Å². The fraction of sp³-hybridized carbons (Fsp3) is 0.500. The highest BCUT2D eigenvalue weighted by Gasteiger charge is 2.72. The predicted octanol–water partition coefficient (Wildman–Crippen LogP) is 3.29. The van der Waals surface area contributed by atoms with Crippen LogP contribution in [0.25, 0.3) is 11.1 Å². The Bertz CT molecular complexity index is 982. The van der Waals surface area contributed by atoms with Gasteiger partial charge in [-0.05, 0) is 38.8 Å². The largest absolute Gasteiger partial charge is 0.468 e. The van der Waals surface area contributed by atoms with Gasteiger partial charge in [0.2, 0.25) is 11.8 Å². The van der Waals surface area contributed by atoms with Gasteiger partial charge in [-0.1, -0.05) is 6.07 Å². The van der Waals surface area contributed by atoms with Crippen molar-refractivity contribution >= 4 is 28.6 Å². The monoisotopic (exact) mass is 380 g/mol. The molecule has 3 fully saturated rings. The van der Waals surface area contributed by atoms with Crippen LogP contribution in [-0.4, -0.2) is 28.0 Å². The Labute approximate surface area is 151 Å². The molecule has 4 heterocycles. The average Bonchev–Trinajstić information content (AvgIpc) is 3.25. The molecule has 0 aliphatic carbocycles. The van der Waals surface area contributed by atoms with Crippen molar-refractivity contribution in [2.24, 2.45) is 11.8 Å². The third-order valence-electron chi connectivity index (χ3n) is 6.09. The van der Waals surface area contributed by atoms with E-state index in [2.05, 4.69) is 4.98 Å². The summed E-state index contributed by atoms with van der Waals surface area (Å²) in [6, 6.07) is 4.17. The summed E-state index contributed by atoms with van der Waals surface area (Å²) in [7, 11) is 0. The third-order valence-corrected chi connectivity index (χ3v) is 6.09. The van der Waals surface area contributed by atoms with Crippen molar-refractivity contribution in [3.8, 4) is 0 Å². The maximum atomic E-state index is 13.1. The molecule has 2 unspecified atom stereocenters. The van der Waals surface area contributed by atoms with Gasteiger partial charge in [0.25, 0.3) is 0 Å². The van der Waals surface area contributed by atoms with Crippen molar-refractivity contribution in [2.75, 3.05) is 4.90 Å². The highest BCUT2D eigenvalue weighted by Crippen LogP contribution is 2.61. The Morgan fingerprint density at radius 3 is 2.26 bits per heavy atom. The molecular weight excluding hydrogens is 365 g/mol. The summed E-state index contributed by atoms with van der Waals surface area (Å²) in [6.45, 7) is 3.63. The Kier molecular flexibility index (Phi) is 2.91. The van der Waals surface area contributed by atoms with Gasteiger partial charge in [0.05, 0.1) is 28.7 Å². The van der Waals surface area contributed by atoms with Crippen LogP contribution in [0.5, 0.6) is 0 Å². The lowest BCUT2D eigenvalue weighted by Crippen LogP contribution is -2.40. The first kappa shape index (κ1) is 16.7. The predicted molar refractivity (Wildman–Crippen MR) is 85.6 cm³/mol. The second-order valence-electron chi connectivity index (χ2n) is 7.84. The molecule has 0 radical (unpaired) electrons. The van der Waals surface area contributed by atoms with Gasteiger partial charge in [0.15, 0.2) is 5.58 Å². The molecule has 5 rings (SSSR count). The van der Waals surface area contributed by atoms with Crippen LogP contribution < -0.4 is 4.90 Å². The Morgan fingerprint density at radius 1 is 1.11 bits per heavy atom. The van der Waals surface area contributed by atoms with E-state index in [1.54, 1.807) is 0 Å². The first-order chi connectivity index (χ1) is 12.6. The average molecular weight is 380 g/mol. The molecule has 9 heteroatoms. The molecule has 2 amide bonds. The van der Waals surface area contributed by atoms with Crippen LogP contribution in [0, 0.1) is 11.8 Å². The normalized spacial score (nSPS) is 35.5. The maximum absolute atomic E-state index is 13.1. The number of ether oxygens (including phenoxy) is 1. The number of oxazole rings is 1. The number of para-hydroxylation sites is 1. The molecule has 1 aromatic carbocycles. The first-order valence-electron chi connectivity index (χ1n) is 8.60. The van der Waals surface area contributed by atoms with Crippen LogP contribution in [0.15, 0.2) is 22.6 Å². The van der Waals surface area contributed by atoms with Crippen molar-refractivity contribution in [2.45, 2.75) is 44.1 Å². The molecule has 1 aromatic heterocycles. The molecule has 3 aliphatic heterocycles. The summed E-state index contributed by atoms with van der Waals surface area (Å²) >= 11 is 0. The van der Waals surface area contributed by atoms with E-state index in [1.165, 1.54) is 18.2 Å². The topological polar surface area (TPSA) is 72.6 Å². The van der Waals surface area contributed by atoms with E-state index < -0.39 is 46.9 Å². The van der Waals surface area contributed by atoms with E-state index in [0.717, 1.165) is 4.90 Å². The number of rotatable bonds is 1. The summed E-state index contributed by atoms with van der Waals surface area (Å²) in [5.41, 5.74) is -1.75. The number of benzene rings is 1. The lowest BCUT2D eigenvalue weighted by Gasteiger charge is -2.27. The molecular formula is C18H15F3N2O4. The van der Waals surface area contributed by atoms with Crippen LogP contribution in [0.2, 0.25) is 0 Å². The zero-order chi connectivity index (χ0) is 19.4. The Morgan fingerprint density at radius 2 is 1.70 bits per heavy atom. The van der Waals surface area contributed by atoms with Crippen LogP contribution in [0.4, 0.5) is 18.9 Å². The number of hydrogen-bond donors (Lipinski definition) is 0. The molecule has 27 heavy (non-hydrogen) atoms. The second kappa shape index (κ2) is 4.70. The van der Waals surface area contributed by atoms with Crippen molar-refractivity contribution in [3.63, 3.8) is 0 Å². The van der Waals surface area contributed by atoms with E-state index in [0.29, 0.717) is 12.8 Å². The van der Waals surface area contributed by atoms with Gasteiger partial charge < -0.3 is 9.15 Å². The highest BCUT2D eigenvalue weighted by molar-refractivity contribution is 6.25. The van der Waals surface area contributed by atoms with Crippen molar-refractivity contribution < 1.29 is 31.9 Å². The van der Waals surface area contributed by atoms with Gasteiger partial charge in [0.1, 0.15) is 5.52 Å². The standard InChI is InChI=1S/C18H15F3N2O4/c1-16-6-7-17(2,27-16)11-10(16)13(24)23(14(11)25)8-4-3-5-9-12(8)22-15(26-9)18(19,20)21/h3-5,10-11H,6-7H2,1-2H3/t10-,11+,16?,17?. The molecule has 142 valence electrons. The number of halogens is 3. The number of imide groups is 1. The molecule has 3 aliphatic rings. The van der Waals surface area contributed by atoms with Crippen LogP contribution in [0.1, 0.15) is 32.6 Å². The van der Waals surface area contributed by atoms with Crippen molar-refractivity contribution in [3.05, 3.63) is 24.1 Å². The Hall–Kier alpha value is -2.42. The van der Waals surface area contributed by atoms with Crippen LogP contribution in [0.3, 0.4) is 0 Å². The number of nitrogens with zero attached hydrogens (tertiary/aromatic N) is 2. The van der Waals surface area contributed by atoms with E-state index in [9.17, 15) is 22.8 Å². The minimum absolute atomic E-state index is 0.0164. The molecule has 4 atom stereocenters. The molecule has 2 aromatic rings. The highest BCUT2D eigenvalue weighted by atomic mass is 19.4. The number of carbonyl (C=O) groups excluding carboxylic acids is 2. The zero-order valence-electron chi connectivity index (χ0n) is 14.5. The zero-order valence-corrected chi connectivity index (χ0v) is 14.5. The lowest BCUT2D eigenvalue weighted by atomic mass is 9.69. The van der Waals surface area contributed by atoms with Crippen molar-refractivity contribution in [1.82, 2.24) is 4.98 Å². The maximum Gasteiger partial charge on any atom is 0.468 e. The molecule has 0 spiro atoms. The summed E-state index contributed by atoms with van der Waals surface area (Å²) in [4.78, 5) is 30.7. The lowest BCUT2D eigenvalue weighted by molar-refractivity contribution is -0.156. The number of aromatic nitrogens is 1. The molecule has 0 saturated carbocycles. The van der Waals surface area contributed by atoms with E-state index in [4.69, 9.17) is 9.15 Å². The van der Waals surface area contributed by atoms with E-state index >= 15 is 0 Å². The molecule has 2 bridgehead atoms. The third kappa shape index (κ3) is 1.97. The molecule has 6 nitrogen and oxygen atoms in total. The van der Waals surface area contributed by atoms with Gasteiger partial charge in [-0.15, -0.1) is 0 Å². The minimum Gasteiger partial charge on any atom is -0.433 e. The van der Waals surface area contributed by atoms with E-state index in [1.807, 2.05) is 13.8 Å². The van der Waals surface area contributed by atoms with Gasteiger partial charge in [0, 0.05) is 0 Å². The first-order valence-corrected chi connectivity index (χ1v) is 8.60. The second-order valence-corrected chi connectivity index (χ2v) is 7.84. The fourth-order valence-corrected chi connectivity index (χ4v) is 4.94. The summed E-state index contributed by atoms with van der Waals surface area (Å²) in [6.07, 6.45) is -3.45.